The van der Waals surface area contributed by atoms with Gasteiger partial charge in [0.15, 0.2) is 0 Å². The zero-order valence-corrected chi connectivity index (χ0v) is 14.4. The summed E-state index contributed by atoms with van der Waals surface area (Å²) in [6.07, 6.45) is 5.12. The van der Waals surface area contributed by atoms with Gasteiger partial charge in [-0.1, -0.05) is 13.0 Å². The van der Waals surface area contributed by atoms with Gasteiger partial charge in [-0.25, -0.2) is 0 Å². The van der Waals surface area contributed by atoms with Crippen LogP contribution in [0.5, 0.6) is 5.75 Å². The van der Waals surface area contributed by atoms with Gasteiger partial charge in [0, 0.05) is 38.6 Å². The molecule has 3 rings (SSSR count). The van der Waals surface area contributed by atoms with Gasteiger partial charge in [-0.2, -0.15) is 0 Å². The molecule has 0 aromatic heterocycles. The van der Waals surface area contributed by atoms with E-state index in [-0.39, 0.29) is 0 Å². The predicted molar refractivity (Wildman–Crippen MR) is 91.9 cm³/mol. The van der Waals surface area contributed by atoms with E-state index in [0.717, 1.165) is 51.2 Å². The van der Waals surface area contributed by atoms with Crippen molar-refractivity contribution in [2.75, 3.05) is 33.3 Å². The Hall–Kier alpha value is -1.55. The average Bonchev–Trinajstić information content (AvgIpc) is 2.76. The van der Waals surface area contributed by atoms with Gasteiger partial charge in [0.2, 0.25) is 5.91 Å². The van der Waals surface area contributed by atoms with E-state index in [2.05, 4.69) is 30.0 Å². The van der Waals surface area contributed by atoms with Gasteiger partial charge in [0.25, 0.3) is 0 Å². The molecular formula is C19H28N2O2. The van der Waals surface area contributed by atoms with Crippen molar-refractivity contribution < 1.29 is 9.53 Å². The normalized spacial score (nSPS) is 22.6. The second kappa shape index (κ2) is 7.35. The Kier molecular flexibility index (Phi) is 5.21. The fraction of sp³-hybridized carbons (Fsp3) is 0.632. The van der Waals surface area contributed by atoms with Crippen molar-refractivity contribution in [1.29, 1.82) is 0 Å². The lowest BCUT2D eigenvalue weighted by Crippen LogP contribution is -2.41. The molecule has 0 radical (unpaired) electrons. The summed E-state index contributed by atoms with van der Waals surface area (Å²) in [5.74, 6) is 1.27. The smallest absolute Gasteiger partial charge is 0.223 e. The van der Waals surface area contributed by atoms with Crippen LogP contribution in [0.4, 0.5) is 0 Å². The number of methoxy groups -OCH3 is 1. The first kappa shape index (κ1) is 16.3. The van der Waals surface area contributed by atoms with Crippen LogP contribution in [0.2, 0.25) is 0 Å². The summed E-state index contributed by atoms with van der Waals surface area (Å²) >= 11 is 0. The third-order valence-electron chi connectivity index (χ3n) is 5.25. The van der Waals surface area contributed by atoms with Crippen LogP contribution in [-0.2, 0) is 17.6 Å². The Bertz CT molecular complexity index is 558. The van der Waals surface area contributed by atoms with Crippen molar-refractivity contribution in [2.24, 2.45) is 0 Å². The Morgan fingerprint density at radius 2 is 2.04 bits per heavy atom. The molecule has 4 nitrogen and oxygen atoms in total. The number of amides is 1. The molecule has 0 saturated carbocycles. The third kappa shape index (κ3) is 3.69. The van der Waals surface area contributed by atoms with E-state index < -0.39 is 0 Å². The van der Waals surface area contributed by atoms with E-state index in [0.29, 0.717) is 18.4 Å². The molecule has 126 valence electrons. The molecular weight excluding hydrogens is 288 g/mol. The molecule has 1 aliphatic carbocycles. The van der Waals surface area contributed by atoms with Gasteiger partial charge < -0.3 is 9.64 Å². The maximum Gasteiger partial charge on any atom is 0.223 e. The Morgan fingerprint density at radius 1 is 1.17 bits per heavy atom. The summed E-state index contributed by atoms with van der Waals surface area (Å²) in [4.78, 5) is 16.8. The maximum atomic E-state index is 12.2. The minimum absolute atomic E-state index is 0.326. The molecule has 1 amide bonds. The molecule has 1 aliphatic heterocycles. The zero-order valence-electron chi connectivity index (χ0n) is 14.4. The minimum atomic E-state index is 0.326. The van der Waals surface area contributed by atoms with Gasteiger partial charge in [-0.3, -0.25) is 9.69 Å². The minimum Gasteiger partial charge on any atom is -0.497 e. The first-order valence-corrected chi connectivity index (χ1v) is 8.89. The Morgan fingerprint density at radius 3 is 2.83 bits per heavy atom. The molecule has 4 heteroatoms. The number of hydrogen-bond acceptors (Lipinski definition) is 3. The number of nitrogens with zero attached hydrogens (tertiary/aromatic N) is 2. The molecule has 2 aliphatic rings. The lowest BCUT2D eigenvalue weighted by Gasteiger charge is -2.34. The van der Waals surface area contributed by atoms with Crippen LogP contribution in [0.25, 0.3) is 0 Å². The Balaban J connectivity index is 1.67. The van der Waals surface area contributed by atoms with Crippen LogP contribution in [0, 0.1) is 0 Å². The molecule has 0 N–H and O–H groups in total. The monoisotopic (exact) mass is 316 g/mol. The standard InChI is InChI=1S/C19H28N2O2/c1-3-9-21-12-11-20(10-8-19(21)22)17-6-4-15-5-7-18(23-2)14-16(15)13-17/h5,7,14,17H,3-4,6,8-13H2,1-2H3. The molecule has 1 saturated heterocycles. The molecule has 1 unspecified atom stereocenters. The molecule has 0 bridgehead atoms. The summed E-state index contributed by atoms with van der Waals surface area (Å²) < 4.78 is 5.37. The predicted octanol–water partition coefficient (Wildman–Crippen LogP) is 2.50. The number of carbonyl (C=O) groups excluding carboxylic acids is 1. The van der Waals surface area contributed by atoms with Gasteiger partial charge in [-0.05, 0) is 48.9 Å². The van der Waals surface area contributed by atoms with Gasteiger partial charge in [0.1, 0.15) is 5.75 Å². The van der Waals surface area contributed by atoms with Crippen molar-refractivity contribution in [3.05, 3.63) is 29.3 Å². The number of rotatable bonds is 4. The van der Waals surface area contributed by atoms with Crippen LogP contribution >= 0.6 is 0 Å². The van der Waals surface area contributed by atoms with Crippen LogP contribution in [0.1, 0.15) is 37.3 Å². The number of fused-ring (bicyclic) bond motifs is 1. The summed E-state index contributed by atoms with van der Waals surface area (Å²) in [5, 5.41) is 0. The average molecular weight is 316 g/mol. The first-order chi connectivity index (χ1) is 11.2. The quantitative estimate of drug-likeness (QED) is 0.855. The third-order valence-corrected chi connectivity index (χ3v) is 5.25. The van der Waals surface area contributed by atoms with Gasteiger partial charge in [-0.15, -0.1) is 0 Å². The highest BCUT2D eigenvalue weighted by Gasteiger charge is 2.28. The van der Waals surface area contributed by atoms with Crippen molar-refractivity contribution in [1.82, 2.24) is 9.80 Å². The first-order valence-electron chi connectivity index (χ1n) is 8.89. The lowest BCUT2D eigenvalue weighted by atomic mass is 9.87. The fourth-order valence-electron chi connectivity index (χ4n) is 3.91. The molecule has 1 aromatic rings. The largest absolute Gasteiger partial charge is 0.497 e. The summed E-state index contributed by atoms with van der Waals surface area (Å²) in [5.41, 5.74) is 2.88. The molecule has 1 atom stereocenters. The van der Waals surface area contributed by atoms with E-state index in [1.54, 1.807) is 7.11 Å². The topological polar surface area (TPSA) is 32.8 Å². The fourth-order valence-corrected chi connectivity index (χ4v) is 3.91. The highest BCUT2D eigenvalue weighted by molar-refractivity contribution is 5.76. The second-order valence-electron chi connectivity index (χ2n) is 6.70. The number of hydrogen-bond donors (Lipinski definition) is 0. The van der Waals surface area contributed by atoms with Gasteiger partial charge in [0.05, 0.1) is 7.11 Å². The van der Waals surface area contributed by atoms with E-state index in [9.17, 15) is 4.79 Å². The van der Waals surface area contributed by atoms with E-state index >= 15 is 0 Å². The molecule has 23 heavy (non-hydrogen) atoms. The lowest BCUT2D eigenvalue weighted by molar-refractivity contribution is -0.130. The molecule has 1 fully saturated rings. The van der Waals surface area contributed by atoms with E-state index in [1.807, 2.05) is 4.90 Å². The van der Waals surface area contributed by atoms with Crippen LogP contribution < -0.4 is 4.74 Å². The molecule has 1 aromatic carbocycles. The summed E-state index contributed by atoms with van der Waals surface area (Å²) in [6, 6.07) is 7.02. The molecule has 0 spiro atoms. The van der Waals surface area contributed by atoms with Crippen LogP contribution in [-0.4, -0.2) is 55.0 Å². The van der Waals surface area contributed by atoms with Crippen LogP contribution in [0.15, 0.2) is 18.2 Å². The zero-order chi connectivity index (χ0) is 16.2. The summed E-state index contributed by atoms with van der Waals surface area (Å²) in [7, 11) is 1.73. The number of carbonyl (C=O) groups is 1. The van der Waals surface area contributed by atoms with Gasteiger partial charge >= 0.3 is 0 Å². The number of aryl methyl sites for hydroxylation is 1. The second-order valence-corrected chi connectivity index (χ2v) is 6.70. The highest BCUT2D eigenvalue weighted by Crippen LogP contribution is 2.28. The van der Waals surface area contributed by atoms with E-state index in [4.69, 9.17) is 4.74 Å². The van der Waals surface area contributed by atoms with Crippen molar-refractivity contribution >= 4 is 5.91 Å². The number of benzene rings is 1. The van der Waals surface area contributed by atoms with E-state index in [1.165, 1.54) is 17.5 Å². The summed E-state index contributed by atoms with van der Waals surface area (Å²) in [6.45, 7) is 5.84. The van der Waals surface area contributed by atoms with Crippen molar-refractivity contribution in [3.8, 4) is 5.75 Å². The SMILES string of the molecule is CCCN1CCN(C2CCc3ccc(OC)cc3C2)CCC1=O. The van der Waals surface area contributed by atoms with Crippen molar-refractivity contribution in [2.45, 2.75) is 45.1 Å². The highest BCUT2D eigenvalue weighted by atomic mass is 16.5. The Labute approximate surface area is 139 Å². The van der Waals surface area contributed by atoms with Crippen molar-refractivity contribution in [3.63, 3.8) is 0 Å². The maximum absolute atomic E-state index is 12.2. The number of ether oxygens (including phenoxy) is 1. The van der Waals surface area contributed by atoms with Crippen LogP contribution in [0.3, 0.4) is 0 Å². The molecule has 1 heterocycles.